The summed E-state index contributed by atoms with van der Waals surface area (Å²) in [5.41, 5.74) is 0.165. The second-order valence-corrected chi connectivity index (χ2v) is 7.16. The molecule has 24 heavy (non-hydrogen) atoms. The summed E-state index contributed by atoms with van der Waals surface area (Å²) < 4.78 is 10.4. The molecule has 1 aliphatic heterocycles. The van der Waals surface area contributed by atoms with Crippen molar-refractivity contribution >= 4 is 29.1 Å². The fourth-order valence-electron chi connectivity index (χ4n) is 2.72. The molecule has 132 valence electrons. The van der Waals surface area contributed by atoms with Gasteiger partial charge in [0.25, 0.3) is 0 Å². The molecule has 0 aliphatic carbocycles. The smallest absolute Gasteiger partial charge is 0.229 e. The van der Waals surface area contributed by atoms with Gasteiger partial charge in [0.1, 0.15) is 11.5 Å². The first kappa shape index (κ1) is 18.4. The average Bonchev–Trinajstić information content (AvgIpc) is 2.90. The molecule has 1 aliphatic rings. The van der Waals surface area contributed by atoms with Gasteiger partial charge in [0.15, 0.2) is 0 Å². The number of hydrogen-bond donors (Lipinski definition) is 1. The number of benzene rings is 1. The maximum Gasteiger partial charge on any atom is 0.229 e. The predicted molar refractivity (Wildman–Crippen MR) is 92.8 cm³/mol. The number of nitrogens with zero attached hydrogens (tertiary/aromatic N) is 1. The van der Waals surface area contributed by atoms with Gasteiger partial charge in [-0.1, -0.05) is 11.6 Å². The average molecular weight is 355 g/mol. The highest BCUT2D eigenvalue weighted by Crippen LogP contribution is 2.36. The van der Waals surface area contributed by atoms with Crippen LogP contribution in [-0.2, 0) is 9.59 Å². The minimum atomic E-state index is -0.400. The van der Waals surface area contributed by atoms with Crippen LogP contribution in [-0.4, -0.2) is 43.0 Å². The number of anilines is 1. The molecule has 1 heterocycles. The van der Waals surface area contributed by atoms with Crippen molar-refractivity contribution in [2.75, 3.05) is 26.1 Å². The first-order chi connectivity index (χ1) is 11.2. The van der Waals surface area contributed by atoms with Gasteiger partial charge >= 0.3 is 0 Å². The van der Waals surface area contributed by atoms with Crippen molar-refractivity contribution in [1.82, 2.24) is 4.90 Å². The van der Waals surface area contributed by atoms with Crippen molar-refractivity contribution < 1.29 is 19.1 Å². The molecule has 1 N–H and O–H groups in total. The van der Waals surface area contributed by atoms with E-state index in [0.717, 1.165) is 0 Å². The fraction of sp³-hybridized carbons (Fsp3) is 0.529. The van der Waals surface area contributed by atoms with Gasteiger partial charge in [-0.2, -0.15) is 0 Å². The maximum absolute atomic E-state index is 12.6. The summed E-state index contributed by atoms with van der Waals surface area (Å²) in [6.45, 7) is 6.27. The van der Waals surface area contributed by atoms with Crippen LogP contribution in [0.2, 0.25) is 5.02 Å². The third-order valence-corrected chi connectivity index (χ3v) is 4.33. The van der Waals surface area contributed by atoms with Crippen LogP contribution in [0.3, 0.4) is 0 Å². The van der Waals surface area contributed by atoms with Crippen molar-refractivity contribution in [3.05, 3.63) is 17.2 Å². The fourth-order valence-corrected chi connectivity index (χ4v) is 2.96. The Morgan fingerprint density at radius 2 is 1.88 bits per heavy atom. The van der Waals surface area contributed by atoms with Crippen LogP contribution >= 0.6 is 11.6 Å². The van der Waals surface area contributed by atoms with E-state index in [2.05, 4.69) is 5.32 Å². The van der Waals surface area contributed by atoms with Gasteiger partial charge in [-0.05, 0) is 20.8 Å². The summed E-state index contributed by atoms with van der Waals surface area (Å²) in [5.74, 6) is 0.238. The highest BCUT2D eigenvalue weighted by Gasteiger charge is 2.39. The van der Waals surface area contributed by atoms with Crippen molar-refractivity contribution in [3.63, 3.8) is 0 Å². The highest BCUT2D eigenvalue weighted by atomic mass is 35.5. The quantitative estimate of drug-likeness (QED) is 0.902. The largest absolute Gasteiger partial charge is 0.495 e. The topological polar surface area (TPSA) is 67.9 Å². The van der Waals surface area contributed by atoms with E-state index in [1.807, 2.05) is 20.8 Å². The van der Waals surface area contributed by atoms with Crippen LogP contribution in [0.15, 0.2) is 12.1 Å². The van der Waals surface area contributed by atoms with Gasteiger partial charge in [-0.15, -0.1) is 0 Å². The summed E-state index contributed by atoms with van der Waals surface area (Å²) >= 11 is 6.06. The van der Waals surface area contributed by atoms with Crippen molar-refractivity contribution in [2.24, 2.45) is 5.92 Å². The molecule has 1 atom stereocenters. The van der Waals surface area contributed by atoms with Crippen LogP contribution in [0.5, 0.6) is 11.5 Å². The Bertz CT molecular complexity index is 655. The predicted octanol–water partition coefficient (Wildman–Crippen LogP) is 2.94. The van der Waals surface area contributed by atoms with E-state index in [0.29, 0.717) is 28.8 Å². The Labute approximate surface area is 147 Å². The molecule has 0 saturated carbocycles. The molecule has 0 aromatic heterocycles. The Morgan fingerprint density at radius 1 is 1.25 bits per heavy atom. The number of carbonyl (C=O) groups is 2. The lowest BCUT2D eigenvalue weighted by Crippen LogP contribution is -2.42. The summed E-state index contributed by atoms with van der Waals surface area (Å²) in [6, 6.07) is 3.19. The third-order valence-electron chi connectivity index (χ3n) is 4.04. The lowest BCUT2D eigenvalue weighted by Gasteiger charge is -2.31. The Morgan fingerprint density at radius 3 is 2.38 bits per heavy atom. The molecule has 1 fully saturated rings. The highest BCUT2D eigenvalue weighted by molar-refractivity contribution is 6.32. The molecule has 1 aromatic rings. The molecule has 2 amide bonds. The SMILES string of the molecule is COc1cc(NC(=O)[C@@H]2CC(=O)N(C(C)(C)C)C2)c(OC)cc1Cl. The minimum Gasteiger partial charge on any atom is -0.495 e. The molecule has 0 bridgehead atoms. The molecule has 1 aromatic carbocycles. The van der Waals surface area contributed by atoms with Gasteiger partial charge in [-0.3, -0.25) is 9.59 Å². The first-order valence-corrected chi connectivity index (χ1v) is 8.08. The second kappa shape index (κ2) is 6.89. The number of halogens is 1. The molecule has 0 unspecified atom stereocenters. The number of hydrogen-bond acceptors (Lipinski definition) is 4. The Hall–Kier alpha value is -1.95. The van der Waals surface area contributed by atoms with Crippen molar-refractivity contribution in [2.45, 2.75) is 32.7 Å². The van der Waals surface area contributed by atoms with E-state index in [1.165, 1.54) is 14.2 Å². The molecule has 7 heteroatoms. The zero-order chi connectivity index (χ0) is 18.1. The second-order valence-electron chi connectivity index (χ2n) is 6.75. The number of methoxy groups -OCH3 is 2. The summed E-state index contributed by atoms with van der Waals surface area (Å²) in [5, 5.41) is 3.21. The monoisotopic (exact) mass is 354 g/mol. The van der Waals surface area contributed by atoms with E-state index < -0.39 is 5.92 Å². The lowest BCUT2D eigenvalue weighted by molar-refractivity contribution is -0.131. The first-order valence-electron chi connectivity index (χ1n) is 7.70. The number of rotatable bonds is 4. The number of ether oxygens (including phenoxy) is 2. The number of likely N-dealkylation sites (tertiary alicyclic amines) is 1. The zero-order valence-electron chi connectivity index (χ0n) is 14.6. The normalized spacial score (nSPS) is 17.8. The van der Waals surface area contributed by atoms with Crippen LogP contribution in [0, 0.1) is 5.92 Å². The molecule has 0 radical (unpaired) electrons. The van der Waals surface area contributed by atoms with Crippen molar-refractivity contribution in [3.8, 4) is 11.5 Å². The summed E-state index contributed by atoms with van der Waals surface area (Å²) in [7, 11) is 2.99. The molecular formula is C17H23ClN2O4. The van der Waals surface area contributed by atoms with Gasteiger partial charge in [0.2, 0.25) is 11.8 Å². The molecule has 2 rings (SSSR count). The van der Waals surface area contributed by atoms with Gasteiger partial charge in [-0.25, -0.2) is 0 Å². The van der Waals surface area contributed by atoms with E-state index in [-0.39, 0.29) is 23.8 Å². The minimum absolute atomic E-state index is 0.0108. The summed E-state index contributed by atoms with van der Waals surface area (Å²) in [4.78, 5) is 26.4. The van der Waals surface area contributed by atoms with Crippen LogP contribution < -0.4 is 14.8 Å². The molecule has 1 saturated heterocycles. The van der Waals surface area contributed by atoms with Gasteiger partial charge in [0.05, 0.1) is 30.8 Å². The molecule has 0 spiro atoms. The van der Waals surface area contributed by atoms with Crippen molar-refractivity contribution in [1.29, 1.82) is 0 Å². The van der Waals surface area contributed by atoms with Gasteiger partial charge < -0.3 is 19.7 Å². The Balaban J connectivity index is 2.17. The third kappa shape index (κ3) is 3.75. The summed E-state index contributed by atoms with van der Waals surface area (Å²) in [6.07, 6.45) is 0.205. The van der Waals surface area contributed by atoms with E-state index in [1.54, 1.807) is 17.0 Å². The van der Waals surface area contributed by atoms with Crippen LogP contribution in [0.25, 0.3) is 0 Å². The molecular weight excluding hydrogens is 332 g/mol. The number of amides is 2. The Kier molecular flexibility index (Phi) is 5.28. The lowest BCUT2D eigenvalue weighted by atomic mass is 10.1. The molecule has 6 nitrogen and oxygen atoms in total. The van der Waals surface area contributed by atoms with Crippen LogP contribution in [0.1, 0.15) is 27.2 Å². The van der Waals surface area contributed by atoms with E-state index in [4.69, 9.17) is 21.1 Å². The number of carbonyl (C=O) groups excluding carboxylic acids is 2. The zero-order valence-corrected chi connectivity index (χ0v) is 15.4. The van der Waals surface area contributed by atoms with E-state index in [9.17, 15) is 9.59 Å². The maximum atomic E-state index is 12.6. The van der Waals surface area contributed by atoms with E-state index >= 15 is 0 Å². The number of nitrogens with one attached hydrogen (secondary N) is 1. The standard InChI is InChI=1S/C17H23ClN2O4/c1-17(2,3)20-9-10(6-15(20)21)16(22)19-12-8-13(23-4)11(18)7-14(12)24-5/h7-8,10H,6,9H2,1-5H3,(H,19,22)/t10-/m1/s1. The van der Waals surface area contributed by atoms with Crippen LogP contribution in [0.4, 0.5) is 5.69 Å². The van der Waals surface area contributed by atoms with Gasteiger partial charge in [0, 0.05) is 30.6 Å².